The summed E-state index contributed by atoms with van der Waals surface area (Å²) in [6, 6.07) is 4.33. The highest BCUT2D eigenvalue weighted by Crippen LogP contribution is 2.20. The van der Waals surface area contributed by atoms with Crippen LogP contribution in [0.1, 0.15) is 0 Å². The lowest BCUT2D eigenvalue weighted by atomic mass is 10.3. The third-order valence-corrected chi connectivity index (χ3v) is 1.31. The summed E-state index contributed by atoms with van der Waals surface area (Å²) >= 11 is 0. The molecule has 0 fully saturated rings. The Morgan fingerprint density at radius 3 is 2.75 bits per heavy atom. The van der Waals surface area contributed by atoms with Crippen LogP contribution in [-0.2, 0) is 4.84 Å². The summed E-state index contributed by atoms with van der Waals surface area (Å²) in [5.41, 5.74) is 3.01. The van der Waals surface area contributed by atoms with E-state index in [4.69, 9.17) is 0 Å². The highest BCUT2D eigenvalue weighted by molar-refractivity contribution is 5.45. The first-order chi connectivity index (χ1) is 5.77. The second-order valence-electron chi connectivity index (χ2n) is 2.10. The second-order valence-corrected chi connectivity index (χ2v) is 2.10. The molecule has 0 amide bonds. The molecule has 1 aromatic carbocycles. The van der Waals surface area contributed by atoms with E-state index in [9.17, 15) is 4.39 Å². The quantitative estimate of drug-likeness (QED) is 0.703. The Bertz CT molecular complexity index is 265. The van der Waals surface area contributed by atoms with Gasteiger partial charge in [-0.25, -0.2) is 4.39 Å². The number of rotatable bonds is 3. The van der Waals surface area contributed by atoms with Crippen LogP contribution in [0.25, 0.3) is 0 Å². The lowest BCUT2D eigenvalue weighted by Gasteiger charge is -2.05. The van der Waals surface area contributed by atoms with Crippen LogP contribution in [0.15, 0.2) is 18.2 Å². The van der Waals surface area contributed by atoms with Gasteiger partial charge in [-0.3, -0.25) is 10.3 Å². The van der Waals surface area contributed by atoms with Gasteiger partial charge in [-0.2, -0.15) is 0 Å². The molecule has 0 aliphatic heterocycles. The van der Waals surface area contributed by atoms with Crippen molar-refractivity contribution in [1.82, 2.24) is 0 Å². The first kappa shape index (κ1) is 8.80. The molecular formula is C8H9FNO2. The monoisotopic (exact) mass is 170 g/mol. The molecule has 12 heavy (non-hydrogen) atoms. The van der Waals surface area contributed by atoms with E-state index in [-0.39, 0.29) is 5.75 Å². The van der Waals surface area contributed by atoms with Crippen LogP contribution in [0.4, 0.5) is 10.1 Å². The van der Waals surface area contributed by atoms with Gasteiger partial charge in [-0.15, -0.1) is 0 Å². The highest BCUT2D eigenvalue weighted by Gasteiger charge is 2.01. The molecule has 0 bridgehead atoms. The van der Waals surface area contributed by atoms with E-state index in [1.807, 2.05) is 0 Å². The van der Waals surface area contributed by atoms with Gasteiger partial charge in [0.1, 0.15) is 7.11 Å². The van der Waals surface area contributed by atoms with E-state index in [1.54, 1.807) is 6.07 Å². The molecule has 0 unspecified atom stereocenters. The fraction of sp³-hybridized carbons (Fsp3) is 0.125. The predicted octanol–water partition coefficient (Wildman–Crippen LogP) is 1.97. The van der Waals surface area contributed by atoms with Crippen LogP contribution < -0.4 is 10.2 Å². The van der Waals surface area contributed by atoms with Gasteiger partial charge in [-0.05, 0) is 12.1 Å². The number of hydrogen-bond donors (Lipinski definition) is 1. The van der Waals surface area contributed by atoms with Crippen molar-refractivity contribution in [3.05, 3.63) is 31.1 Å². The van der Waals surface area contributed by atoms with Crippen molar-refractivity contribution in [3.8, 4) is 5.75 Å². The van der Waals surface area contributed by atoms with Crippen molar-refractivity contribution < 1.29 is 14.0 Å². The molecule has 0 saturated heterocycles. The SMILES string of the molecule is [CH2]Oc1ccc(NOC)cc1F. The van der Waals surface area contributed by atoms with E-state index in [0.29, 0.717) is 5.69 Å². The molecule has 0 spiro atoms. The molecule has 0 aliphatic rings. The van der Waals surface area contributed by atoms with Gasteiger partial charge in [-0.1, -0.05) is 0 Å². The van der Waals surface area contributed by atoms with Gasteiger partial charge in [0.25, 0.3) is 0 Å². The summed E-state index contributed by atoms with van der Waals surface area (Å²) in [6.45, 7) is 0. The third-order valence-electron chi connectivity index (χ3n) is 1.31. The van der Waals surface area contributed by atoms with Crippen LogP contribution in [0, 0.1) is 12.9 Å². The van der Waals surface area contributed by atoms with E-state index in [0.717, 1.165) is 0 Å². The number of nitrogens with one attached hydrogen (secondary N) is 1. The Balaban J connectivity index is 2.86. The van der Waals surface area contributed by atoms with E-state index in [1.165, 1.54) is 19.2 Å². The average molecular weight is 170 g/mol. The summed E-state index contributed by atoms with van der Waals surface area (Å²) in [7, 11) is 4.55. The Morgan fingerprint density at radius 2 is 2.25 bits per heavy atom. The normalized spacial score (nSPS) is 9.58. The number of ether oxygens (including phenoxy) is 1. The van der Waals surface area contributed by atoms with Crippen molar-refractivity contribution >= 4 is 5.69 Å². The molecule has 0 aliphatic carbocycles. The molecule has 0 aromatic heterocycles. The van der Waals surface area contributed by atoms with Crippen LogP contribution in [0.2, 0.25) is 0 Å². The van der Waals surface area contributed by atoms with Crippen molar-refractivity contribution in [2.24, 2.45) is 0 Å². The summed E-state index contributed by atoms with van der Waals surface area (Å²) in [5.74, 6) is -0.372. The van der Waals surface area contributed by atoms with Crippen LogP contribution in [0.3, 0.4) is 0 Å². The smallest absolute Gasteiger partial charge is 0.167 e. The molecule has 3 nitrogen and oxygen atoms in total. The Labute approximate surface area is 70.1 Å². The molecule has 1 radical (unpaired) electrons. The first-order valence-electron chi connectivity index (χ1n) is 3.28. The Kier molecular flexibility index (Phi) is 2.88. The molecule has 0 atom stereocenters. The maximum atomic E-state index is 12.9. The molecule has 65 valence electrons. The lowest BCUT2D eigenvalue weighted by Crippen LogP contribution is -1.96. The molecule has 1 aromatic rings. The minimum atomic E-state index is -0.480. The van der Waals surface area contributed by atoms with Gasteiger partial charge in [0, 0.05) is 6.07 Å². The van der Waals surface area contributed by atoms with Crippen LogP contribution in [0.5, 0.6) is 5.75 Å². The number of anilines is 1. The summed E-state index contributed by atoms with van der Waals surface area (Å²) in [5, 5.41) is 0. The van der Waals surface area contributed by atoms with Crippen molar-refractivity contribution in [2.75, 3.05) is 12.6 Å². The largest absolute Gasteiger partial charge is 0.487 e. The lowest BCUT2D eigenvalue weighted by molar-refractivity contribution is 0.270. The van der Waals surface area contributed by atoms with E-state index >= 15 is 0 Å². The highest BCUT2D eigenvalue weighted by atomic mass is 19.1. The maximum absolute atomic E-state index is 12.9. The Morgan fingerprint density at radius 1 is 1.50 bits per heavy atom. The molecule has 1 rings (SSSR count). The molecule has 0 saturated carbocycles. The topological polar surface area (TPSA) is 30.5 Å². The minimum Gasteiger partial charge on any atom is -0.487 e. The maximum Gasteiger partial charge on any atom is 0.167 e. The second kappa shape index (κ2) is 3.92. The van der Waals surface area contributed by atoms with Crippen LogP contribution >= 0.6 is 0 Å². The summed E-state index contributed by atoms with van der Waals surface area (Å²) in [4.78, 5) is 4.58. The summed E-state index contributed by atoms with van der Waals surface area (Å²) < 4.78 is 17.4. The fourth-order valence-corrected chi connectivity index (χ4v) is 0.799. The minimum absolute atomic E-state index is 0.108. The van der Waals surface area contributed by atoms with Crippen molar-refractivity contribution in [3.63, 3.8) is 0 Å². The van der Waals surface area contributed by atoms with Gasteiger partial charge in [0.15, 0.2) is 11.6 Å². The molecule has 1 N–H and O–H groups in total. The van der Waals surface area contributed by atoms with Crippen molar-refractivity contribution in [2.45, 2.75) is 0 Å². The standard InChI is InChI=1S/C8H9FNO2/c1-11-8-4-3-6(10-12-2)5-7(8)9/h3-5,10H,1H2,2H3. The van der Waals surface area contributed by atoms with Crippen molar-refractivity contribution in [1.29, 1.82) is 0 Å². The van der Waals surface area contributed by atoms with E-state index in [2.05, 4.69) is 22.2 Å². The molecule has 0 heterocycles. The zero-order chi connectivity index (χ0) is 8.97. The molecule has 4 heteroatoms. The van der Waals surface area contributed by atoms with Gasteiger partial charge in [0.05, 0.1) is 12.8 Å². The zero-order valence-electron chi connectivity index (χ0n) is 6.63. The Hall–Kier alpha value is -1.29. The molecular weight excluding hydrogens is 161 g/mol. The van der Waals surface area contributed by atoms with Gasteiger partial charge >= 0.3 is 0 Å². The number of hydrogen-bond acceptors (Lipinski definition) is 3. The first-order valence-corrected chi connectivity index (χ1v) is 3.28. The predicted molar refractivity (Wildman–Crippen MR) is 43.0 cm³/mol. The average Bonchev–Trinajstić information content (AvgIpc) is 2.05. The van der Waals surface area contributed by atoms with Crippen LogP contribution in [-0.4, -0.2) is 7.11 Å². The van der Waals surface area contributed by atoms with Gasteiger partial charge < -0.3 is 4.74 Å². The number of benzene rings is 1. The zero-order valence-corrected chi connectivity index (χ0v) is 6.63. The fourth-order valence-electron chi connectivity index (χ4n) is 0.799. The third kappa shape index (κ3) is 1.85. The summed E-state index contributed by atoms with van der Waals surface area (Å²) in [6.07, 6.45) is 0. The van der Waals surface area contributed by atoms with Gasteiger partial charge in [0.2, 0.25) is 0 Å². The van der Waals surface area contributed by atoms with E-state index < -0.39 is 5.82 Å². The number of halogens is 1.